The Kier molecular flexibility index (Phi) is 7.79. The Balaban J connectivity index is 2.21. The van der Waals surface area contributed by atoms with Crippen LogP contribution in [0, 0.1) is 0 Å². The van der Waals surface area contributed by atoms with Gasteiger partial charge >= 0.3 is 0 Å². The molecule has 0 fully saturated rings. The Hall–Kier alpha value is 0.490. The maximum absolute atomic E-state index is 6.07. The van der Waals surface area contributed by atoms with Crippen molar-refractivity contribution >= 4 is 45.8 Å². The number of hydrogen-bond donors (Lipinski definition) is 1. The second-order valence-electron chi connectivity index (χ2n) is 3.66. The monoisotopic (exact) mass is 371 g/mol. The topological polar surface area (TPSA) is 12.0 Å². The van der Waals surface area contributed by atoms with Gasteiger partial charge in [0.2, 0.25) is 0 Å². The highest BCUT2D eigenvalue weighted by atomic mass is 127. The van der Waals surface area contributed by atoms with E-state index in [0.29, 0.717) is 5.02 Å². The van der Waals surface area contributed by atoms with Crippen LogP contribution in [0.2, 0.25) is 10.0 Å². The predicted octanol–water partition coefficient (Wildman–Crippen LogP) is 4.69. The third kappa shape index (κ3) is 5.71. The van der Waals surface area contributed by atoms with Crippen molar-refractivity contribution in [3.8, 4) is 0 Å². The summed E-state index contributed by atoms with van der Waals surface area (Å²) >= 11 is 14.3. The molecule has 0 unspecified atom stereocenters. The normalized spacial score (nSPS) is 10.7. The summed E-state index contributed by atoms with van der Waals surface area (Å²) in [6.07, 6.45) is 3.84. The first-order valence-corrected chi connectivity index (χ1v) is 7.73. The van der Waals surface area contributed by atoms with Crippen molar-refractivity contribution in [3.63, 3.8) is 0 Å². The first-order chi connectivity index (χ1) is 7.74. The second-order valence-corrected chi connectivity index (χ2v) is 5.58. The van der Waals surface area contributed by atoms with Gasteiger partial charge in [-0.15, -0.1) is 0 Å². The van der Waals surface area contributed by atoms with E-state index in [9.17, 15) is 0 Å². The summed E-state index contributed by atoms with van der Waals surface area (Å²) in [5, 5.41) is 4.82. The summed E-state index contributed by atoms with van der Waals surface area (Å²) in [5.74, 6) is 0. The van der Waals surface area contributed by atoms with Crippen LogP contribution in [-0.2, 0) is 6.54 Å². The predicted molar refractivity (Wildman–Crippen MR) is 80.9 cm³/mol. The van der Waals surface area contributed by atoms with Gasteiger partial charge in [-0.1, -0.05) is 58.3 Å². The van der Waals surface area contributed by atoms with Gasteiger partial charge in [-0.2, -0.15) is 0 Å². The van der Waals surface area contributed by atoms with Gasteiger partial charge in [-0.3, -0.25) is 0 Å². The van der Waals surface area contributed by atoms with Crippen LogP contribution in [0.15, 0.2) is 18.2 Å². The average Bonchev–Trinajstić information content (AvgIpc) is 2.26. The summed E-state index contributed by atoms with van der Waals surface area (Å²) in [4.78, 5) is 0. The molecular weight excluding hydrogens is 356 g/mol. The lowest BCUT2D eigenvalue weighted by Crippen LogP contribution is -2.14. The molecule has 0 aliphatic heterocycles. The Labute approximate surface area is 121 Å². The quantitative estimate of drug-likeness (QED) is 0.416. The van der Waals surface area contributed by atoms with Gasteiger partial charge in [0.15, 0.2) is 0 Å². The molecule has 0 atom stereocenters. The average molecular weight is 372 g/mol. The van der Waals surface area contributed by atoms with Crippen LogP contribution in [-0.4, -0.2) is 11.0 Å². The molecule has 0 aromatic heterocycles. The number of rotatable bonds is 7. The van der Waals surface area contributed by atoms with E-state index in [1.54, 1.807) is 6.07 Å². The standard InChI is InChI=1S/C12H16Cl2IN/c13-11-5-4-10(12(14)8-11)9-16-7-3-1-2-6-15/h4-5,8,16H,1-3,6-7,9H2. The van der Waals surface area contributed by atoms with Crippen molar-refractivity contribution in [3.05, 3.63) is 33.8 Å². The van der Waals surface area contributed by atoms with E-state index >= 15 is 0 Å². The first-order valence-electron chi connectivity index (χ1n) is 5.44. The summed E-state index contributed by atoms with van der Waals surface area (Å²) in [7, 11) is 0. The molecule has 1 N–H and O–H groups in total. The van der Waals surface area contributed by atoms with Crippen molar-refractivity contribution in [2.45, 2.75) is 25.8 Å². The maximum atomic E-state index is 6.07. The van der Waals surface area contributed by atoms with Crippen molar-refractivity contribution < 1.29 is 0 Å². The molecule has 0 radical (unpaired) electrons. The number of alkyl halides is 1. The zero-order valence-corrected chi connectivity index (χ0v) is 12.8. The van der Waals surface area contributed by atoms with Gasteiger partial charge in [0.1, 0.15) is 0 Å². The van der Waals surface area contributed by atoms with Crippen LogP contribution >= 0.6 is 45.8 Å². The second kappa shape index (κ2) is 8.56. The molecule has 0 saturated heterocycles. The summed E-state index contributed by atoms with van der Waals surface area (Å²) in [6, 6.07) is 5.64. The highest BCUT2D eigenvalue weighted by molar-refractivity contribution is 14.1. The smallest absolute Gasteiger partial charge is 0.0465 e. The van der Waals surface area contributed by atoms with Crippen LogP contribution in [0.25, 0.3) is 0 Å². The summed E-state index contributed by atoms with van der Waals surface area (Å²) in [6.45, 7) is 1.87. The number of hydrogen-bond acceptors (Lipinski definition) is 1. The summed E-state index contributed by atoms with van der Waals surface area (Å²) < 4.78 is 1.25. The van der Waals surface area contributed by atoms with Gasteiger partial charge in [-0.05, 0) is 41.5 Å². The zero-order chi connectivity index (χ0) is 11.8. The number of unbranched alkanes of at least 4 members (excludes halogenated alkanes) is 2. The van der Waals surface area contributed by atoms with Gasteiger partial charge < -0.3 is 5.32 Å². The van der Waals surface area contributed by atoms with Gasteiger partial charge in [0, 0.05) is 16.6 Å². The highest BCUT2D eigenvalue weighted by Gasteiger charge is 2.00. The molecule has 0 bridgehead atoms. The van der Waals surface area contributed by atoms with Gasteiger partial charge in [0.25, 0.3) is 0 Å². The van der Waals surface area contributed by atoms with Crippen molar-refractivity contribution in [2.24, 2.45) is 0 Å². The van der Waals surface area contributed by atoms with E-state index in [4.69, 9.17) is 23.2 Å². The Morgan fingerprint density at radius 3 is 2.62 bits per heavy atom. The van der Waals surface area contributed by atoms with E-state index in [0.717, 1.165) is 23.7 Å². The van der Waals surface area contributed by atoms with E-state index < -0.39 is 0 Å². The van der Waals surface area contributed by atoms with E-state index in [1.165, 1.54) is 23.7 Å². The molecule has 0 heterocycles. The summed E-state index contributed by atoms with van der Waals surface area (Å²) in [5.41, 5.74) is 1.11. The lowest BCUT2D eigenvalue weighted by atomic mass is 10.2. The van der Waals surface area contributed by atoms with Gasteiger partial charge in [-0.25, -0.2) is 0 Å². The maximum Gasteiger partial charge on any atom is 0.0465 e. The highest BCUT2D eigenvalue weighted by Crippen LogP contribution is 2.20. The molecule has 0 aliphatic rings. The van der Waals surface area contributed by atoms with Crippen molar-refractivity contribution in [2.75, 3.05) is 11.0 Å². The van der Waals surface area contributed by atoms with E-state index in [1.807, 2.05) is 12.1 Å². The number of halogens is 3. The molecule has 0 amide bonds. The molecule has 0 aliphatic carbocycles. The minimum absolute atomic E-state index is 0.691. The minimum atomic E-state index is 0.691. The van der Waals surface area contributed by atoms with Gasteiger partial charge in [0.05, 0.1) is 0 Å². The SMILES string of the molecule is Clc1ccc(CNCCCCCI)c(Cl)c1. The molecule has 1 aromatic carbocycles. The number of nitrogens with one attached hydrogen (secondary N) is 1. The largest absolute Gasteiger partial charge is 0.313 e. The third-order valence-electron chi connectivity index (χ3n) is 2.32. The lowest BCUT2D eigenvalue weighted by Gasteiger charge is -2.06. The van der Waals surface area contributed by atoms with Crippen LogP contribution in [0.1, 0.15) is 24.8 Å². The molecule has 1 nitrogen and oxygen atoms in total. The Morgan fingerprint density at radius 1 is 1.12 bits per heavy atom. The molecule has 4 heteroatoms. The molecule has 1 aromatic rings. The fourth-order valence-electron chi connectivity index (χ4n) is 1.41. The zero-order valence-electron chi connectivity index (χ0n) is 9.11. The fraction of sp³-hybridized carbons (Fsp3) is 0.500. The van der Waals surface area contributed by atoms with Crippen LogP contribution < -0.4 is 5.32 Å². The molecule has 16 heavy (non-hydrogen) atoms. The Bertz CT molecular complexity index is 318. The molecule has 0 saturated carbocycles. The molecular formula is C12H16Cl2IN. The van der Waals surface area contributed by atoms with E-state index in [2.05, 4.69) is 27.9 Å². The van der Waals surface area contributed by atoms with Crippen LogP contribution in [0.3, 0.4) is 0 Å². The lowest BCUT2D eigenvalue weighted by molar-refractivity contribution is 0.620. The Morgan fingerprint density at radius 2 is 1.94 bits per heavy atom. The fourth-order valence-corrected chi connectivity index (χ4v) is 2.42. The van der Waals surface area contributed by atoms with E-state index in [-0.39, 0.29) is 0 Å². The van der Waals surface area contributed by atoms with Crippen molar-refractivity contribution in [1.29, 1.82) is 0 Å². The number of benzene rings is 1. The van der Waals surface area contributed by atoms with Crippen LogP contribution in [0.5, 0.6) is 0 Å². The molecule has 0 spiro atoms. The third-order valence-corrected chi connectivity index (χ3v) is 3.67. The van der Waals surface area contributed by atoms with Crippen molar-refractivity contribution in [1.82, 2.24) is 5.32 Å². The first kappa shape index (κ1) is 14.6. The molecule has 90 valence electrons. The van der Waals surface area contributed by atoms with Crippen LogP contribution in [0.4, 0.5) is 0 Å². The molecule has 1 rings (SSSR count). The minimum Gasteiger partial charge on any atom is -0.313 e.